The first-order valence-corrected chi connectivity index (χ1v) is 9.74. The molecule has 0 saturated heterocycles. The molecule has 0 aliphatic carbocycles. The monoisotopic (exact) mass is 358 g/mol. The van der Waals surface area contributed by atoms with Gasteiger partial charge in [-0.2, -0.15) is 12.6 Å². The molecule has 2 amide bonds. The highest BCUT2D eigenvalue weighted by molar-refractivity contribution is 7.81. The molecule has 0 spiro atoms. The van der Waals surface area contributed by atoms with E-state index >= 15 is 0 Å². The molecule has 0 aromatic rings. The fourth-order valence-corrected chi connectivity index (χ4v) is 2.94. The van der Waals surface area contributed by atoms with Crippen molar-refractivity contribution in [1.29, 1.82) is 0 Å². The van der Waals surface area contributed by atoms with Gasteiger partial charge >= 0.3 is 0 Å². The summed E-state index contributed by atoms with van der Waals surface area (Å²) in [5, 5.41) is 5.49. The zero-order valence-electron chi connectivity index (χ0n) is 16.7. The Labute approximate surface area is 154 Å². The Kier molecular flexibility index (Phi) is 10.0. The highest BCUT2D eigenvalue weighted by Crippen LogP contribution is 2.42. The van der Waals surface area contributed by atoms with E-state index < -0.39 is 0 Å². The van der Waals surface area contributed by atoms with Crippen molar-refractivity contribution in [2.24, 2.45) is 22.7 Å². The van der Waals surface area contributed by atoms with E-state index in [0.29, 0.717) is 5.92 Å². The van der Waals surface area contributed by atoms with Crippen LogP contribution >= 0.6 is 12.6 Å². The molecular formula is C19H38N2O2S. The third-order valence-corrected chi connectivity index (χ3v) is 5.40. The molecule has 0 radical (unpaired) electrons. The molecule has 0 fully saturated rings. The number of unbranched alkanes of at least 4 members (excludes halogenated alkanes) is 1. The Hall–Kier alpha value is -0.710. The van der Waals surface area contributed by atoms with Gasteiger partial charge in [0.2, 0.25) is 11.8 Å². The summed E-state index contributed by atoms with van der Waals surface area (Å²) < 4.78 is 0. The fraction of sp³-hybridized carbons (Fsp3) is 0.895. The van der Waals surface area contributed by atoms with Crippen LogP contribution in [0.5, 0.6) is 0 Å². The Morgan fingerprint density at radius 1 is 1.08 bits per heavy atom. The van der Waals surface area contributed by atoms with Crippen LogP contribution in [0.25, 0.3) is 0 Å². The normalized spacial score (nSPS) is 14.8. The highest BCUT2D eigenvalue weighted by Gasteiger charge is 2.38. The van der Waals surface area contributed by atoms with Gasteiger partial charge in [0.05, 0.1) is 12.4 Å². The van der Waals surface area contributed by atoms with Gasteiger partial charge < -0.3 is 10.6 Å². The third-order valence-electron chi connectivity index (χ3n) is 5.11. The van der Waals surface area contributed by atoms with E-state index in [1.807, 2.05) is 0 Å². The maximum absolute atomic E-state index is 12.7. The van der Waals surface area contributed by atoms with Crippen molar-refractivity contribution in [3.8, 4) is 0 Å². The minimum Gasteiger partial charge on any atom is -0.338 e. The predicted molar refractivity (Wildman–Crippen MR) is 105 cm³/mol. The van der Waals surface area contributed by atoms with Crippen molar-refractivity contribution >= 4 is 24.4 Å². The third kappa shape index (κ3) is 8.41. The Morgan fingerprint density at radius 2 is 1.67 bits per heavy atom. The summed E-state index contributed by atoms with van der Waals surface area (Å²) in [5.41, 5.74) is -0.0296. The molecule has 4 nitrogen and oxygen atoms in total. The summed E-state index contributed by atoms with van der Waals surface area (Å²) in [6, 6.07) is 0. The van der Waals surface area contributed by atoms with Gasteiger partial charge in [0.1, 0.15) is 0 Å². The van der Waals surface area contributed by atoms with Crippen LogP contribution in [-0.4, -0.2) is 24.2 Å². The number of rotatable bonds is 10. The van der Waals surface area contributed by atoms with Gasteiger partial charge in [-0.05, 0) is 23.2 Å². The summed E-state index contributed by atoms with van der Waals surface area (Å²) in [5.74, 6) is 0.432. The zero-order chi connectivity index (χ0) is 19.0. The van der Waals surface area contributed by atoms with E-state index in [1.165, 1.54) is 19.3 Å². The average Bonchev–Trinajstić information content (AvgIpc) is 2.48. The van der Waals surface area contributed by atoms with Gasteiger partial charge in [0.25, 0.3) is 0 Å². The van der Waals surface area contributed by atoms with Crippen LogP contribution in [-0.2, 0) is 9.59 Å². The molecule has 0 rings (SSSR count). The lowest BCUT2D eigenvalue weighted by Gasteiger charge is -2.39. The summed E-state index contributed by atoms with van der Waals surface area (Å²) in [6.45, 7) is 15.5. The zero-order valence-corrected chi connectivity index (χ0v) is 17.6. The number of thiol groups is 1. The second-order valence-corrected chi connectivity index (χ2v) is 8.95. The van der Waals surface area contributed by atoms with Crippen LogP contribution in [0.4, 0.5) is 0 Å². The van der Waals surface area contributed by atoms with Gasteiger partial charge in [0, 0.05) is 5.92 Å². The van der Waals surface area contributed by atoms with Crippen LogP contribution in [0.2, 0.25) is 0 Å². The van der Waals surface area contributed by atoms with E-state index in [1.54, 1.807) is 0 Å². The quantitative estimate of drug-likeness (QED) is 0.408. The van der Waals surface area contributed by atoms with Crippen LogP contribution in [0.3, 0.4) is 0 Å². The number of carbonyl (C=O) groups excluding carboxylic acids is 2. The standard InChI is InChI=1S/C19H38N2O2S/c1-8-9-10-14(2)19(6,7)11-15(18(3,4)5)17(23)21-13-20-16(22)12-24/h14-15,24H,8-13H2,1-7H3,(H,20,22)(H,21,23). The smallest absolute Gasteiger partial charge is 0.231 e. The lowest BCUT2D eigenvalue weighted by molar-refractivity contribution is -0.130. The molecule has 24 heavy (non-hydrogen) atoms. The molecule has 0 heterocycles. The first-order valence-electron chi connectivity index (χ1n) is 9.11. The van der Waals surface area contributed by atoms with E-state index in [4.69, 9.17) is 0 Å². The van der Waals surface area contributed by atoms with E-state index in [2.05, 4.69) is 71.7 Å². The second kappa shape index (κ2) is 10.3. The number of nitrogens with one attached hydrogen (secondary N) is 2. The molecule has 0 aromatic heterocycles. The molecule has 2 unspecified atom stereocenters. The van der Waals surface area contributed by atoms with Crippen molar-refractivity contribution in [2.75, 3.05) is 12.4 Å². The molecule has 2 atom stereocenters. The van der Waals surface area contributed by atoms with Crippen LogP contribution in [0.1, 0.15) is 74.1 Å². The van der Waals surface area contributed by atoms with Crippen LogP contribution in [0.15, 0.2) is 0 Å². The van der Waals surface area contributed by atoms with Gasteiger partial charge in [-0.1, -0.05) is 67.7 Å². The molecule has 142 valence electrons. The van der Waals surface area contributed by atoms with Crippen molar-refractivity contribution in [3.05, 3.63) is 0 Å². The van der Waals surface area contributed by atoms with Gasteiger partial charge in [-0.15, -0.1) is 0 Å². The van der Waals surface area contributed by atoms with Crippen molar-refractivity contribution in [2.45, 2.75) is 74.1 Å². The van der Waals surface area contributed by atoms with Crippen molar-refractivity contribution in [3.63, 3.8) is 0 Å². The topological polar surface area (TPSA) is 58.2 Å². The number of hydrogen-bond donors (Lipinski definition) is 3. The molecule has 0 saturated carbocycles. The molecule has 5 heteroatoms. The lowest BCUT2D eigenvalue weighted by Crippen LogP contribution is -2.45. The largest absolute Gasteiger partial charge is 0.338 e. The second-order valence-electron chi connectivity index (χ2n) is 8.63. The first-order chi connectivity index (χ1) is 11.0. The fourth-order valence-electron chi connectivity index (χ4n) is 2.83. The molecule has 0 aliphatic rings. The Balaban J connectivity index is 4.88. The summed E-state index contributed by atoms with van der Waals surface area (Å²) in [7, 11) is 0. The van der Waals surface area contributed by atoms with Gasteiger partial charge in [0.15, 0.2) is 0 Å². The molecule has 0 aromatic carbocycles. The van der Waals surface area contributed by atoms with E-state index in [0.717, 1.165) is 6.42 Å². The maximum atomic E-state index is 12.7. The Morgan fingerprint density at radius 3 is 2.12 bits per heavy atom. The number of carbonyl (C=O) groups is 2. The number of hydrogen-bond acceptors (Lipinski definition) is 3. The van der Waals surface area contributed by atoms with Gasteiger partial charge in [-0.3, -0.25) is 9.59 Å². The van der Waals surface area contributed by atoms with E-state index in [9.17, 15) is 9.59 Å². The minimum atomic E-state index is -0.181. The SMILES string of the molecule is CCCCC(C)C(C)(C)CC(C(=O)NCNC(=O)CS)C(C)(C)C. The molecule has 0 aliphatic heterocycles. The molecular weight excluding hydrogens is 320 g/mol. The molecule has 0 bridgehead atoms. The van der Waals surface area contributed by atoms with Gasteiger partial charge in [-0.25, -0.2) is 0 Å². The molecule has 2 N–H and O–H groups in total. The predicted octanol–water partition coefficient (Wildman–Crippen LogP) is 4.01. The maximum Gasteiger partial charge on any atom is 0.231 e. The Bertz CT molecular complexity index is 403. The van der Waals surface area contributed by atoms with Crippen LogP contribution < -0.4 is 10.6 Å². The first kappa shape index (κ1) is 23.3. The number of amides is 2. The summed E-state index contributed by atoms with van der Waals surface area (Å²) in [6.07, 6.45) is 4.47. The summed E-state index contributed by atoms with van der Waals surface area (Å²) in [4.78, 5) is 23.9. The van der Waals surface area contributed by atoms with Crippen LogP contribution in [0, 0.1) is 22.7 Å². The summed E-state index contributed by atoms with van der Waals surface area (Å²) >= 11 is 3.91. The van der Waals surface area contributed by atoms with Crippen molar-refractivity contribution in [1.82, 2.24) is 10.6 Å². The average molecular weight is 359 g/mol. The minimum absolute atomic E-state index is 0.0118. The highest BCUT2D eigenvalue weighted by atomic mass is 32.1. The van der Waals surface area contributed by atoms with E-state index in [-0.39, 0.29) is 41.0 Å². The lowest BCUT2D eigenvalue weighted by atomic mass is 9.66. The van der Waals surface area contributed by atoms with Crippen molar-refractivity contribution < 1.29 is 9.59 Å².